The van der Waals surface area contributed by atoms with Gasteiger partial charge in [0, 0.05) is 31.2 Å². The van der Waals surface area contributed by atoms with Gasteiger partial charge in [-0.2, -0.15) is 0 Å². The number of nitrogens with zero attached hydrogens (tertiary/aromatic N) is 2. The average Bonchev–Trinajstić information content (AvgIpc) is 2.53. The van der Waals surface area contributed by atoms with E-state index in [1.54, 1.807) is 0 Å². The lowest BCUT2D eigenvalue weighted by Gasteiger charge is -2.38. The van der Waals surface area contributed by atoms with Gasteiger partial charge in [0.25, 0.3) is 11.6 Å². The number of amides is 1. The molecule has 22 heavy (non-hydrogen) atoms. The fraction of sp³-hybridized carbons (Fsp3) is 0.562. The molecule has 0 bridgehead atoms. The SMILES string of the molecule is CN(C(=O)c1ccc([N+](=O)[O-])cc1)C1CCCCC1[NH+](C)C. The van der Waals surface area contributed by atoms with E-state index in [2.05, 4.69) is 14.1 Å². The van der Waals surface area contributed by atoms with Gasteiger partial charge < -0.3 is 9.80 Å². The summed E-state index contributed by atoms with van der Waals surface area (Å²) in [6.07, 6.45) is 4.51. The van der Waals surface area contributed by atoms with Crippen LogP contribution in [-0.4, -0.2) is 49.0 Å². The highest BCUT2D eigenvalue weighted by Crippen LogP contribution is 2.22. The number of hydrogen-bond donors (Lipinski definition) is 1. The summed E-state index contributed by atoms with van der Waals surface area (Å²) in [4.78, 5) is 26.1. The molecule has 6 heteroatoms. The molecule has 1 aliphatic rings. The standard InChI is InChI=1S/C16H23N3O3/c1-17(2)14-6-4-5-7-15(14)18(3)16(20)12-8-10-13(11-9-12)19(21)22/h8-11,14-15H,4-7H2,1-3H3/p+1. The zero-order valence-corrected chi connectivity index (χ0v) is 13.4. The van der Waals surface area contributed by atoms with E-state index < -0.39 is 4.92 Å². The van der Waals surface area contributed by atoms with Crippen LogP contribution in [0.5, 0.6) is 0 Å². The Kier molecular flexibility index (Phi) is 5.13. The molecule has 1 saturated carbocycles. The molecule has 2 unspecified atom stereocenters. The number of carbonyl (C=O) groups is 1. The van der Waals surface area contributed by atoms with Gasteiger partial charge in [-0.15, -0.1) is 0 Å². The Bertz CT molecular complexity index is 542. The van der Waals surface area contributed by atoms with Crippen molar-refractivity contribution in [3.8, 4) is 0 Å². The van der Waals surface area contributed by atoms with Gasteiger partial charge in [0.15, 0.2) is 0 Å². The number of quaternary nitrogens is 1. The third-order valence-corrected chi connectivity index (χ3v) is 4.61. The fourth-order valence-electron chi connectivity index (χ4n) is 3.33. The van der Waals surface area contributed by atoms with E-state index in [1.807, 2.05) is 11.9 Å². The minimum Gasteiger partial charge on any atom is -0.336 e. The van der Waals surface area contributed by atoms with Crippen molar-refractivity contribution < 1.29 is 14.6 Å². The monoisotopic (exact) mass is 306 g/mol. The van der Waals surface area contributed by atoms with Crippen molar-refractivity contribution in [2.75, 3.05) is 21.1 Å². The molecule has 1 aromatic rings. The summed E-state index contributed by atoms with van der Waals surface area (Å²) in [7, 11) is 6.11. The van der Waals surface area contributed by atoms with Crippen LogP contribution >= 0.6 is 0 Å². The van der Waals surface area contributed by atoms with Crippen LogP contribution in [-0.2, 0) is 0 Å². The zero-order chi connectivity index (χ0) is 16.3. The van der Waals surface area contributed by atoms with Crippen molar-refractivity contribution in [1.29, 1.82) is 0 Å². The molecule has 1 fully saturated rings. The topological polar surface area (TPSA) is 67.9 Å². The molecule has 0 aromatic heterocycles. The summed E-state index contributed by atoms with van der Waals surface area (Å²) in [5, 5.41) is 10.7. The lowest BCUT2D eigenvalue weighted by atomic mass is 9.88. The number of nitro groups is 1. The molecule has 1 aliphatic carbocycles. The molecule has 1 N–H and O–H groups in total. The zero-order valence-electron chi connectivity index (χ0n) is 13.4. The van der Waals surface area contributed by atoms with Gasteiger partial charge in [-0.05, 0) is 25.0 Å². The molecule has 0 radical (unpaired) electrons. The van der Waals surface area contributed by atoms with Crippen molar-refractivity contribution in [2.45, 2.75) is 37.8 Å². The second-order valence-electron chi connectivity index (χ2n) is 6.26. The summed E-state index contributed by atoms with van der Waals surface area (Å²) in [6.45, 7) is 0. The van der Waals surface area contributed by atoms with Crippen LogP contribution in [0.1, 0.15) is 36.0 Å². The van der Waals surface area contributed by atoms with E-state index in [0.717, 1.165) is 19.3 Å². The Morgan fingerprint density at radius 1 is 1.23 bits per heavy atom. The molecule has 2 atom stereocenters. The van der Waals surface area contributed by atoms with Gasteiger partial charge in [0.1, 0.15) is 6.04 Å². The number of non-ortho nitro benzene ring substituents is 1. The van der Waals surface area contributed by atoms with Crippen molar-refractivity contribution in [3.05, 3.63) is 39.9 Å². The number of likely N-dealkylation sites (N-methyl/N-ethyl adjacent to an activating group) is 2. The van der Waals surface area contributed by atoms with E-state index in [9.17, 15) is 14.9 Å². The van der Waals surface area contributed by atoms with Crippen LogP contribution in [0.15, 0.2) is 24.3 Å². The van der Waals surface area contributed by atoms with Gasteiger partial charge >= 0.3 is 0 Å². The van der Waals surface area contributed by atoms with E-state index >= 15 is 0 Å². The van der Waals surface area contributed by atoms with Gasteiger partial charge in [-0.1, -0.05) is 6.42 Å². The number of hydrogen-bond acceptors (Lipinski definition) is 3. The fourth-order valence-corrected chi connectivity index (χ4v) is 3.33. The molecule has 0 saturated heterocycles. The second kappa shape index (κ2) is 6.87. The van der Waals surface area contributed by atoms with Crippen LogP contribution in [0.2, 0.25) is 0 Å². The summed E-state index contributed by atoms with van der Waals surface area (Å²) < 4.78 is 0. The number of benzene rings is 1. The molecule has 2 rings (SSSR count). The van der Waals surface area contributed by atoms with Crippen LogP contribution in [0.25, 0.3) is 0 Å². The molecule has 0 heterocycles. The third kappa shape index (κ3) is 3.44. The summed E-state index contributed by atoms with van der Waals surface area (Å²) in [5.41, 5.74) is 0.513. The molecule has 0 aliphatic heterocycles. The van der Waals surface area contributed by atoms with Gasteiger partial charge in [0.05, 0.1) is 25.1 Å². The van der Waals surface area contributed by atoms with E-state index in [0.29, 0.717) is 11.6 Å². The first-order valence-electron chi connectivity index (χ1n) is 7.73. The Morgan fingerprint density at radius 3 is 2.36 bits per heavy atom. The van der Waals surface area contributed by atoms with Crippen LogP contribution in [0.3, 0.4) is 0 Å². The van der Waals surface area contributed by atoms with Crippen LogP contribution in [0.4, 0.5) is 5.69 Å². The smallest absolute Gasteiger partial charge is 0.269 e. The molecular formula is C16H24N3O3+. The van der Waals surface area contributed by atoms with E-state index in [-0.39, 0.29) is 17.6 Å². The highest BCUT2D eigenvalue weighted by atomic mass is 16.6. The molecule has 1 aromatic carbocycles. The first-order valence-corrected chi connectivity index (χ1v) is 7.73. The van der Waals surface area contributed by atoms with Crippen LogP contribution < -0.4 is 4.90 Å². The first-order chi connectivity index (χ1) is 10.4. The molecular weight excluding hydrogens is 282 g/mol. The Morgan fingerprint density at radius 2 is 1.82 bits per heavy atom. The van der Waals surface area contributed by atoms with Crippen molar-refractivity contribution in [1.82, 2.24) is 4.90 Å². The number of nitrogens with one attached hydrogen (secondary N) is 1. The van der Waals surface area contributed by atoms with Crippen molar-refractivity contribution >= 4 is 11.6 Å². The maximum atomic E-state index is 12.6. The highest BCUT2D eigenvalue weighted by Gasteiger charge is 2.35. The van der Waals surface area contributed by atoms with Gasteiger partial charge in [0.2, 0.25) is 0 Å². The van der Waals surface area contributed by atoms with Crippen molar-refractivity contribution in [2.24, 2.45) is 0 Å². The predicted octanol–water partition coefficient (Wildman–Crippen LogP) is 1.12. The van der Waals surface area contributed by atoms with E-state index in [4.69, 9.17) is 0 Å². The van der Waals surface area contributed by atoms with E-state index in [1.165, 1.54) is 35.6 Å². The third-order valence-electron chi connectivity index (χ3n) is 4.61. The van der Waals surface area contributed by atoms with Crippen LogP contribution in [0, 0.1) is 10.1 Å². The number of nitro benzene ring substituents is 1. The first kappa shape index (κ1) is 16.4. The maximum absolute atomic E-state index is 12.6. The number of carbonyl (C=O) groups excluding carboxylic acids is 1. The Labute approximate surface area is 130 Å². The Balaban J connectivity index is 2.15. The largest absolute Gasteiger partial charge is 0.336 e. The predicted molar refractivity (Wildman–Crippen MR) is 84.0 cm³/mol. The minimum atomic E-state index is -0.454. The normalized spacial score (nSPS) is 21.6. The van der Waals surface area contributed by atoms with Gasteiger partial charge in [-0.3, -0.25) is 14.9 Å². The average molecular weight is 306 g/mol. The number of rotatable bonds is 4. The maximum Gasteiger partial charge on any atom is 0.269 e. The quantitative estimate of drug-likeness (QED) is 0.669. The highest BCUT2D eigenvalue weighted by molar-refractivity contribution is 5.94. The lowest BCUT2D eigenvalue weighted by molar-refractivity contribution is -0.889. The lowest BCUT2D eigenvalue weighted by Crippen LogP contribution is -3.12. The molecule has 6 nitrogen and oxygen atoms in total. The van der Waals surface area contributed by atoms with Gasteiger partial charge in [-0.25, -0.2) is 0 Å². The minimum absolute atomic E-state index is 0.00693. The Hall–Kier alpha value is -1.95. The summed E-state index contributed by atoms with van der Waals surface area (Å²) >= 11 is 0. The second-order valence-corrected chi connectivity index (χ2v) is 6.26. The summed E-state index contributed by atoms with van der Waals surface area (Å²) in [6, 6.07) is 6.52. The molecule has 0 spiro atoms. The molecule has 120 valence electrons. The van der Waals surface area contributed by atoms with Crippen molar-refractivity contribution in [3.63, 3.8) is 0 Å². The summed E-state index contributed by atoms with van der Waals surface area (Å²) in [5.74, 6) is -0.0620. The molecule has 1 amide bonds.